The summed E-state index contributed by atoms with van der Waals surface area (Å²) in [5, 5.41) is 12.8. The van der Waals surface area contributed by atoms with Gasteiger partial charge in [-0.05, 0) is 5.56 Å². The van der Waals surface area contributed by atoms with Crippen molar-refractivity contribution in [2.75, 3.05) is 6.54 Å². The van der Waals surface area contributed by atoms with Crippen LogP contribution in [-0.2, 0) is 24.3 Å². The highest BCUT2D eigenvalue weighted by atomic mass is 16.6. The lowest BCUT2D eigenvalue weighted by Crippen LogP contribution is -2.36. The number of rotatable bonds is 3. The lowest BCUT2D eigenvalue weighted by atomic mass is 10.1. The van der Waals surface area contributed by atoms with Crippen LogP contribution in [0.4, 0.5) is 4.79 Å². The summed E-state index contributed by atoms with van der Waals surface area (Å²) in [6, 6.07) is 9.35. The number of aromatic nitrogens is 1. The van der Waals surface area contributed by atoms with Crippen molar-refractivity contribution in [3.05, 3.63) is 52.9 Å². The largest absolute Gasteiger partial charge is 0.475 e. The Morgan fingerprint density at radius 3 is 2.82 bits per heavy atom. The van der Waals surface area contributed by atoms with Crippen LogP contribution < -0.4 is 0 Å². The van der Waals surface area contributed by atoms with Crippen molar-refractivity contribution in [2.24, 2.45) is 0 Å². The fourth-order valence-corrected chi connectivity index (χ4v) is 2.35. The van der Waals surface area contributed by atoms with E-state index in [1.165, 1.54) is 4.90 Å². The zero-order chi connectivity index (χ0) is 15.5. The molecule has 0 spiro atoms. The van der Waals surface area contributed by atoms with Crippen molar-refractivity contribution in [1.82, 2.24) is 10.1 Å². The molecule has 1 aliphatic rings. The van der Waals surface area contributed by atoms with E-state index in [9.17, 15) is 9.59 Å². The van der Waals surface area contributed by atoms with Crippen molar-refractivity contribution < 1.29 is 24.0 Å². The SMILES string of the molecule is O=C(O)c1onc2c1CN(C(=O)OCc1ccccc1)CC2. The Morgan fingerprint density at radius 1 is 1.32 bits per heavy atom. The van der Waals surface area contributed by atoms with Crippen LogP contribution in [0.15, 0.2) is 34.9 Å². The molecule has 114 valence electrons. The second-order valence-electron chi connectivity index (χ2n) is 4.95. The van der Waals surface area contributed by atoms with Gasteiger partial charge in [0.1, 0.15) is 6.61 Å². The normalized spacial score (nSPS) is 13.5. The Balaban J connectivity index is 1.65. The lowest BCUT2D eigenvalue weighted by Gasteiger charge is -2.25. The number of ether oxygens (including phenoxy) is 1. The first-order valence-corrected chi connectivity index (χ1v) is 6.81. The molecule has 0 fully saturated rings. The number of amides is 1. The third-order valence-corrected chi connectivity index (χ3v) is 3.49. The number of hydrogen-bond donors (Lipinski definition) is 1. The van der Waals surface area contributed by atoms with Crippen molar-refractivity contribution in [2.45, 2.75) is 19.6 Å². The monoisotopic (exact) mass is 302 g/mol. The number of nitrogens with zero attached hydrogens (tertiary/aromatic N) is 2. The molecular weight excluding hydrogens is 288 g/mol. The van der Waals surface area contributed by atoms with E-state index in [0.717, 1.165) is 5.56 Å². The maximum Gasteiger partial charge on any atom is 0.410 e. The van der Waals surface area contributed by atoms with Gasteiger partial charge in [0.25, 0.3) is 0 Å². The van der Waals surface area contributed by atoms with Gasteiger partial charge in [-0.25, -0.2) is 9.59 Å². The quantitative estimate of drug-likeness (QED) is 0.933. The van der Waals surface area contributed by atoms with E-state index >= 15 is 0 Å². The lowest BCUT2D eigenvalue weighted by molar-refractivity contribution is 0.0645. The summed E-state index contributed by atoms with van der Waals surface area (Å²) in [7, 11) is 0. The van der Waals surface area contributed by atoms with Gasteiger partial charge in [-0.3, -0.25) is 0 Å². The van der Waals surface area contributed by atoms with Gasteiger partial charge < -0.3 is 19.3 Å². The highest BCUT2D eigenvalue weighted by Gasteiger charge is 2.30. The topological polar surface area (TPSA) is 92.9 Å². The number of aromatic carboxylic acids is 1. The van der Waals surface area contributed by atoms with Gasteiger partial charge in [0.05, 0.1) is 12.2 Å². The standard InChI is InChI=1S/C15H14N2O5/c18-14(19)13-11-8-17(7-6-12(11)16-22-13)15(20)21-9-10-4-2-1-3-5-10/h1-5H,6-9H2,(H,18,19). The summed E-state index contributed by atoms with van der Waals surface area (Å²) in [4.78, 5) is 24.6. The Kier molecular flexibility index (Phi) is 3.78. The van der Waals surface area contributed by atoms with Gasteiger partial charge in [0.2, 0.25) is 5.76 Å². The molecule has 2 heterocycles. The molecule has 3 rings (SSSR count). The predicted molar refractivity (Wildman–Crippen MR) is 74.2 cm³/mol. The third-order valence-electron chi connectivity index (χ3n) is 3.49. The summed E-state index contributed by atoms with van der Waals surface area (Å²) >= 11 is 0. The van der Waals surface area contributed by atoms with Crippen LogP contribution in [-0.4, -0.2) is 33.8 Å². The molecule has 0 saturated heterocycles. The summed E-state index contributed by atoms with van der Waals surface area (Å²) < 4.78 is 10.1. The second-order valence-corrected chi connectivity index (χ2v) is 4.95. The molecule has 22 heavy (non-hydrogen) atoms. The highest BCUT2D eigenvalue weighted by Crippen LogP contribution is 2.22. The summed E-state index contributed by atoms with van der Waals surface area (Å²) in [6.45, 7) is 0.735. The van der Waals surface area contributed by atoms with Crippen molar-refractivity contribution in [3.63, 3.8) is 0 Å². The van der Waals surface area contributed by atoms with Gasteiger partial charge in [0, 0.05) is 18.5 Å². The molecule has 0 saturated carbocycles. The van der Waals surface area contributed by atoms with Gasteiger partial charge in [0.15, 0.2) is 0 Å². The number of carbonyl (C=O) groups is 2. The van der Waals surface area contributed by atoms with Crippen LogP contribution in [0.5, 0.6) is 0 Å². The van der Waals surface area contributed by atoms with Gasteiger partial charge in [-0.2, -0.15) is 0 Å². The van der Waals surface area contributed by atoms with Crippen LogP contribution >= 0.6 is 0 Å². The molecule has 0 aliphatic carbocycles. The molecule has 7 nitrogen and oxygen atoms in total. The van der Waals surface area contributed by atoms with E-state index in [2.05, 4.69) is 5.16 Å². The number of benzene rings is 1. The molecule has 1 aliphatic heterocycles. The molecule has 1 amide bonds. The average molecular weight is 302 g/mol. The average Bonchev–Trinajstić information content (AvgIpc) is 2.96. The molecule has 0 bridgehead atoms. The van der Waals surface area contributed by atoms with Crippen LogP contribution in [0, 0.1) is 0 Å². The van der Waals surface area contributed by atoms with Gasteiger partial charge in [-0.1, -0.05) is 35.5 Å². The molecular formula is C15H14N2O5. The van der Waals surface area contributed by atoms with E-state index in [0.29, 0.717) is 24.2 Å². The fourth-order valence-electron chi connectivity index (χ4n) is 2.35. The van der Waals surface area contributed by atoms with E-state index < -0.39 is 12.1 Å². The van der Waals surface area contributed by atoms with Gasteiger partial charge in [-0.15, -0.1) is 0 Å². The molecule has 2 aromatic rings. The molecule has 7 heteroatoms. The number of fused-ring (bicyclic) bond motifs is 1. The molecule has 0 atom stereocenters. The van der Waals surface area contributed by atoms with E-state index in [1.54, 1.807) is 0 Å². The fraction of sp³-hybridized carbons (Fsp3) is 0.267. The Hall–Kier alpha value is -2.83. The Labute approximate surface area is 126 Å². The van der Waals surface area contributed by atoms with Crippen molar-refractivity contribution in [1.29, 1.82) is 0 Å². The van der Waals surface area contributed by atoms with E-state index in [1.807, 2.05) is 30.3 Å². The first kappa shape index (κ1) is 14.1. The number of carbonyl (C=O) groups excluding carboxylic acids is 1. The Bertz CT molecular complexity index is 695. The first-order chi connectivity index (χ1) is 10.6. The van der Waals surface area contributed by atoms with E-state index in [4.69, 9.17) is 14.4 Å². The second kappa shape index (κ2) is 5.88. The minimum atomic E-state index is -1.19. The number of carboxylic acids is 1. The smallest absolute Gasteiger partial charge is 0.410 e. The minimum Gasteiger partial charge on any atom is -0.475 e. The Morgan fingerprint density at radius 2 is 2.09 bits per heavy atom. The number of hydrogen-bond acceptors (Lipinski definition) is 5. The van der Waals surface area contributed by atoms with Crippen LogP contribution in [0.3, 0.4) is 0 Å². The summed E-state index contributed by atoms with van der Waals surface area (Å²) in [5.41, 5.74) is 1.92. The van der Waals surface area contributed by atoms with Crippen LogP contribution in [0.1, 0.15) is 27.4 Å². The maximum absolute atomic E-state index is 12.1. The molecule has 1 aromatic carbocycles. The van der Waals surface area contributed by atoms with E-state index in [-0.39, 0.29) is 18.9 Å². The highest BCUT2D eigenvalue weighted by molar-refractivity contribution is 5.86. The zero-order valence-electron chi connectivity index (χ0n) is 11.7. The molecule has 0 unspecified atom stereocenters. The van der Waals surface area contributed by atoms with Crippen LogP contribution in [0.2, 0.25) is 0 Å². The summed E-state index contributed by atoms with van der Waals surface area (Å²) in [5.74, 6) is -1.40. The van der Waals surface area contributed by atoms with Crippen molar-refractivity contribution in [3.8, 4) is 0 Å². The van der Waals surface area contributed by atoms with Gasteiger partial charge >= 0.3 is 12.1 Å². The molecule has 1 aromatic heterocycles. The third kappa shape index (κ3) is 2.78. The zero-order valence-corrected chi connectivity index (χ0v) is 11.7. The molecule has 0 radical (unpaired) electrons. The first-order valence-electron chi connectivity index (χ1n) is 6.81. The molecule has 1 N–H and O–H groups in total. The maximum atomic E-state index is 12.1. The van der Waals surface area contributed by atoms with Crippen molar-refractivity contribution >= 4 is 12.1 Å². The minimum absolute atomic E-state index is 0.133. The summed E-state index contributed by atoms with van der Waals surface area (Å²) in [6.07, 6.45) is -0.0286. The van der Waals surface area contributed by atoms with Crippen LogP contribution in [0.25, 0.3) is 0 Å². The number of carboxylic acid groups (broad SMARTS) is 1. The predicted octanol–water partition coefficient (Wildman–Crippen LogP) is 2.07.